The second-order valence-corrected chi connectivity index (χ2v) is 8.51. The largest absolute Gasteiger partial charge is 0.467 e. The Labute approximate surface area is 197 Å². The molecule has 0 fully saturated rings. The number of fused-ring (bicyclic) bond motifs is 1. The molecule has 0 aliphatic carbocycles. The minimum absolute atomic E-state index is 0.0362. The highest BCUT2D eigenvalue weighted by molar-refractivity contribution is 7.98. The van der Waals surface area contributed by atoms with Gasteiger partial charge in [0.25, 0.3) is 5.91 Å². The number of amides is 2. The van der Waals surface area contributed by atoms with E-state index in [1.54, 1.807) is 12.1 Å². The second-order valence-electron chi connectivity index (χ2n) is 7.53. The third-order valence-electron chi connectivity index (χ3n) is 5.03. The van der Waals surface area contributed by atoms with Crippen LogP contribution in [0.25, 0.3) is 0 Å². The maximum atomic E-state index is 13.2. The quantitative estimate of drug-likeness (QED) is 0.457. The van der Waals surface area contributed by atoms with Crippen molar-refractivity contribution in [2.45, 2.75) is 36.9 Å². The van der Waals surface area contributed by atoms with Crippen LogP contribution in [0.4, 0.5) is 32.2 Å². The molecule has 1 aromatic carbocycles. The molecule has 14 heteroatoms. The molecule has 2 amide bonds. The van der Waals surface area contributed by atoms with Gasteiger partial charge >= 0.3 is 12.4 Å². The highest BCUT2D eigenvalue weighted by Gasteiger charge is 2.37. The summed E-state index contributed by atoms with van der Waals surface area (Å²) in [6.07, 6.45) is -8.76. The predicted molar refractivity (Wildman–Crippen MR) is 112 cm³/mol. The molecule has 7 nitrogen and oxygen atoms in total. The monoisotopic (exact) mass is 518 g/mol. The van der Waals surface area contributed by atoms with Gasteiger partial charge in [-0.05, 0) is 30.3 Å². The zero-order valence-electron chi connectivity index (χ0n) is 17.6. The smallest absolute Gasteiger partial charge is 0.416 e. The van der Waals surface area contributed by atoms with Gasteiger partial charge in [0, 0.05) is 22.6 Å². The van der Waals surface area contributed by atoms with Crippen LogP contribution in [0.1, 0.15) is 38.5 Å². The Morgan fingerprint density at radius 1 is 1.06 bits per heavy atom. The average molecular weight is 518 g/mol. The lowest BCUT2D eigenvalue weighted by molar-refractivity contribution is -0.143. The van der Waals surface area contributed by atoms with Crippen LogP contribution >= 0.6 is 11.8 Å². The molecule has 1 aliphatic heterocycles. The number of benzene rings is 1. The molecule has 3 heterocycles. The van der Waals surface area contributed by atoms with Crippen LogP contribution in [0.2, 0.25) is 0 Å². The Hall–Kier alpha value is -3.42. The van der Waals surface area contributed by atoms with Crippen LogP contribution in [-0.4, -0.2) is 21.6 Å². The SMILES string of the molecule is O=C(Cn1nc2c(c1NC(=O)c1cc(C(F)(F)F)cc(C(F)(F)F)c1)CSC2)NCc1ccco1. The summed E-state index contributed by atoms with van der Waals surface area (Å²) in [5, 5.41) is 9.22. The Balaban J connectivity index is 1.59. The number of alkyl halides is 6. The molecular weight excluding hydrogens is 502 g/mol. The number of thioether (sulfide) groups is 1. The summed E-state index contributed by atoms with van der Waals surface area (Å²) in [6, 6.07) is 3.92. The van der Waals surface area contributed by atoms with Crippen molar-refractivity contribution in [3.63, 3.8) is 0 Å². The number of nitrogens with one attached hydrogen (secondary N) is 2. The molecule has 186 valence electrons. The number of halogens is 6. The number of nitrogens with zero attached hydrogens (tertiary/aromatic N) is 2. The Bertz CT molecular complexity index is 1220. The van der Waals surface area contributed by atoms with E-state index < -0.39 is 40.9 Å². The molecule has 0 radical (unpaired) electrons. The topological polar surface area (TPSA) is 89.2 Å². The van der Waals surface area contributed by atoms with Gasteiger partial charge in [-0.1, -0.05) is 0 Å². The molecule has 0 spiro atoms. The van der Waals surface area contributed by atoms with Crippen molar-refractivity contribution < 1.29 is 40.3 Å². The molecular formula is C21H16F6N4O3S. The van der Waals surface area contributed by atoms with Crippen LogP contribution < -0.4 is 10.6 Å². The lowest BCUT2D eigenvalue weighted by Gasteiger charge is -2.15. The third-order valence-corrected chi connectivity index (χ3v) is 6.00. The van der Waals surface area contributed by atoms with Gasteiger partial charge in [0.1, 0.15) is 18.1 Å². The van der Waals surface area contributed by atoms with Gasteiger partial charge in [-0.25, -0.2) is 4.68 Å². The van der Waals surface area contributed by atoms with Crippen molar-refractivity contribution in [2.75, 3.05) is 5.32 Å². The molecule has 1 aliphatic rings. The van der Waals surface area contributed by atoms with E-state index in [0.717, 1.165) is 4.68 Å². The van der Waals surface area contributed by atoms with E-state index in [1.165, 1.54) is 18.0 Å². The van der Waals surface area contributed by atoms with Gasteiger partial charge in [0.2, 0.25) is 5.91 Å². The maximum Gasteiger partial charge on any atom is 0.416 e. The summed E-state index contributed by atoms with van der Waals surface area (Å²) in [5.74, 6) is -0.288. The van der Waals surface area contributed by atoms with Crippen molar-refractivity contribution in [3.8, 4) is 0 Å². The number of carbonyl (C=O) groups excluding carboxylic acids is 2. The fourth-order valence-electron chi connectivity index (χ4n) is 3.38. The summed E-state index contributed by atoms with van der Waals surface area (Å²) in [5.41, 5.74) is -2.94. The van der Waals surface area contributed by atoms with Crippen LogP contribution in [0.5, 0.6) is 0 Å². The minimum Gasteiger partial charge on any atom is -0.467 e. The summed E-state index contributed by atoms with van der Waals surface area (Å²) in [7, 11) is 0. The molecule has 2 aromatic heterocycles. The lowest BCUT2D eigenvalue weighted by Crippen LogP contribution is -2.28. The molecule has 0 unspecified atom stereocenters. The molecule has 0 saturated carbocycles. The van der Waals surface area contributed by atoms with Crippen molar-refractivity contribution in [1.82, 2.24) is 15.1 Å². The highest BCUT2D eigenvalue weighted by Crippen LogP contribution is 2.37. The van der Waals surface area contributed by atoms with Crippen molar-refractivity contribution >= 4 is 29.4 Å². The molecule has 3 aromatic rings. The van der Waals surface area contributed by atoms with E-state index >= 15 is 0 Å². The Kier molecular flexibility index (Phi) is 6.58. The zero-order valence-corrected chi connectivity index (χ0v) is 18.4. The number of aromatic nitrogens is 2. The molecule has 4 rings (SSSR count). The van der Waals surface area contributed by atoms with Gasteiger partial charge in [0.15, 0.2) is 0 Å². The van der Waals surface area contributed by atoms with E-state index in [4.69, 9.17) is 4.42 Å². The number of hydrogen-bond acceptors (Lipinski definition) is 5. The second kappa shape index (κ2) is 9.32. The first-order valence-corrected chi connectivity index (χ1v) is 11.1. The molecule has 2 N–H and O–H groups in total. The van der Waals surface area contributed by atoms with Gasteiger partial charge in [-0.2, -0.15) is 43.2 Å². The molecule has 0 saturated heterocycles. The maximum absolute atomic E-state index is 13.2. The number of rotatable bonds is 6. The third kappa shape index (κ3) is 5.63. The minimum atomic E-state index is -5.10. The first kappa shape index (κ1) is 24.7. The lowest BCUT2D eigenvalue weighted by atomic mass is 10.0. The van der Waals surface area contributed by atoms with Gasteiger partial charge in [-0.15, -0.1) is 0 Å². The van der Waals surface area contributed by atoms with Crippen LogP contribution in [0.3, 0.4) is 0 Å². The number of hydrogen-bond donors (Lipinski definition) is 2. The zero-order chi connectivity index (χ0) is 25.4. The van der Waals surface area contributed by atoms with Crippen LogP contribution in [0, 0.1) is 0 Å². The van der Waals surface area contributed by atoms with Crippen LogP contribution in [-0.2, 0) is 41.7 Å². The molecule has 35 heavy (non-hydrogen) atoms. The summed E-state index contributed by atoms with van der Waals surface area (Å²) in [6.45, 7) is -0.251. The number of furan rings is 1. The fourth-order valence-corrected chi connectivity index (χ4v) is 4.41. The van der Waals surface area contributed by atoms with E-state index in [9.17, 15) is 35.9 Å². The first-order chi connectivity index (χ1) is 16.4. The van der Waals surface area contributed by atoms with Gasteiger partial charge in [-0.3, -0.25) is 9.59 Å². The van der Waals surface area contributed by atoms with E-state index in [2.05, 4.69) is 15.7 Å². The number of anilines is 1. The highest BCUT2D eigenvalue weighted by atomic mass is 32.2. The number of carbonyl (C=O) groups is 2. The first-order valence-electron chi connectivity index (χ1n) is 9.98. The van der Waals surface area contributed by atoms with E-state index in [0.29, 0.717) is 40.7 Å². The normalized spacial score (nSPS) is 13.5. The van der Waals surface area contributed by atoms with Crippen molar-refractivity contribution in [3.05, 3.63) is 70.3 Å². The predicted octanol–water partition coefficient (Wildman–Crippen LogP) is 4.83. The van der Waals surface area contributed by atoms with Crippen molar-refractivity contribution in [1.29, 1.82) is 0 Å². The average Bonchev–Trinajstić information content (AvgIpc) is 3.51. The standard InChI is InChI=1S/C21H16F6N4O3S/c22-20(23,24)12-4-11(5-13(6-12)21(25,26)27)19(33)29-18-15-9-35-10-16(15)30-31(18)8-17(32)28-7-14-2-1-3-34-14/h1-6H,7-10H2,(H,28,32)(H,29,33). The molecule has 0 bridgehead atoms. The fraction of sp³-hybridized carbons (Fsp3) is 0.286. The van der Waals surface area contributed by atoms with Crippen LogP contribution in [0.15, 0.2) is 41.0 Å². The summed E-state index contributed by atoms with van der Waals surface area (Å²) >= 11 is 1.46. The van der Waals surface area contributed by atoms with Crippen molar-refractivity contribution in [2.24, 2.45) is 0 Å². The Morgan fingerprint density at radius 2 is 1.74 bits per heavy atom. The van der Waals surface area contributed by atoms with E-state index in [1.807, 2.05) is 0 Å². The summed E-state index contributed by atoms with van der Waals surface area (Å²) in [4.78, 5) is 25.2. The Morgan fingerprint density at radius 3 is 2.34 bits per heavy atom. The van der Waals surface area contributed by atoms with Gasteiger partial charge in [0.05, 0.1) is 29.6 Å². The van der Waals surface area contributed by atoms with E-state index in [-0.39, 0.29) is 25.0 Å². The summed E-state index contributed by atoms with van der Waals surface area (Å²) < 4.78 is 85.3. The van der Waals surface area contributed by atoms with Gasteiger partial charge < -0.3 is 15.1 Å². The molecule has 0 atom stereocenters.